The quantitative estimate of drug-likeness (QED) is 0.846. The average Bonchev–Trinajstić information content (AvgIpc) is 2.41. The summed E-state index contributed by atoms with van der Waals surface area (Å²) < 4.78 is 0. The monoisotopic (exact) mass is 261 g/mol. The van der Waals surface area contributed by atoms with Crippen molar-refractivity contribution >= 4 is 11.4 Å². The first-order chi connectivity index (χ1) is 9.10. The molecule has 1 aromatic rings. The molecule has 0 amide bonds. The van der Waals surface area contributed by atoms with E-state index >= 15 is 0 Å². The fourth-order valence-corrected chi connectivity index (χ4v) is 2.73. The second kappa shape index (κ2) is 6.29. The third-order valence-electron chi connectivity index (χ3n) is 3.94. The number of piperazine rings is 1. The van der Waals surface area contributed by atoms with Gasteiger partial charge in [0.25, 0.3) is 0 Å². The van der Waals surface area contributed by atoms with Crippen molar-refractivity contribution in [2.75, 3.05) is 43.4 Å². The molecule has 3 heteroatoms. The van der Waals surface area contributed by atoms with E-state index in [1.807, 2.05) is 0 Å². The van der Waals surface area contributed by atoms with Crippen molar-refractivity contribution in [1.82, 2.24) is 4.90 Å². The van der Waals surface area contributed by atoms with Crippen LogP contribution >= 0.6 is 0 Å². The molecule has 0 radical (unpaired) electrons. The first-order valence-corrected chi connectivity index (χ1v) is 7.46. The standard InChI is InChI=1S/C16H27N3/c1-4-18-7-9-19(10-8-18)15-5-6-16(17)14(12-15)11-13(2)3/h5-6,12-13H,4,7-11,17H2,1-3H3. The Morgan fingerprint density at radius 1 is 1.16 bits per heavy atom. The second-order valence-corrected chi connectivity index (χ2v) is 5.90. The van der Waals surface area contributed by atoms with Gasteiger partial charge in [-0.2, -0.15) is 0 Å². The minimum absolute atomic E-state index is 0.648. The summed E-state index contributed by atoms with van der Waals surface area (Å²) in [6.45, 7) is 12.5. The van der Waals surface area contributed by atoms with Crippen LogP contribution in [0.4, 0.5) is 11.4 Å². The molecule has 1 aliphatic heterocycles. The fraction of sp³-hybridized carbons (Fsp3) is 0.625. The van der Waals surface area contributed by atoms with Gasteiger partial charge >= 0.3 is 0 Å². The Bertz CT molecular complexity index is 406. The fourth-order valence-electron chi connectivity index (χ4n) is 2.73. The largest absolute Gasteiger partial charge is 0.399 e. The lowest BCUT2D eigenvalue weighted by Gasteiger charge is -2.35. The lowest BCUT2D eigenvalue weighted by atomic mass is 10.0. The highest BCUT2D eigenvalue weighted by Crippen LogP contribution is 2.24. The minimum atomic E-state index is 0.648. The summed E-state index contributed by atoms with van der Waals surface area (Å²) in [5, 5.41) is 0. The van der Waals surface area contributed by atoms with Crippen molar-refractivity contribution in [3.8, 4) is 0 Å². The van der Waals surface area contributed by atoms with Gasteiger partial charge in [0.1, 0.15) is 0 Å². The Kier molecular flexibility index (Phi) is 4.70. The maximum Gasteiger partial charge on any atom is 0.0371 e. The topological polar surface area (TPSA) is 32.5 Å². The Morgan fingerprint density at radius 3 is 2.42 bits per heavy atom. The van der Waals surface area contributed by atoms with E-state index in [9.17, 15) is 0 Å². The van der Waals surface area contributed by atoms with E-state index in [0.29, 0.717) is 5.92 Å². The maximum absolute atomic E-state index is 6.08. The number of rotatable bonds is 4. The van der Waals surface area contributed by atoms with E-state index < -0.39 is 0 Å². The van der Waals surface area contributed by atoms with Gasteiger partial charge in [0.2, 0.25) is 0 Å². The number of anilines is 2. The highest BCUT2D eigenvalue weighted by atomic mass is 15.3. The van der Waals surface area contributed by atoms with Gasteiger partial charge in [0.05, 0.1) is 0 Å². The van der Waals surface area contributed by atoms with Crippen molar-refractivity contribution < 1.29 is 0 Å². The molecule has 2 N–H and O–H groups in total. The zero-order valence-corrected chi connectivity index (χ0v) is 12.5. The zero-order chi connectivity index (χ0) is 13.8. The third-order valence-corrected chi connectivity index (χ3v) is 3.94. The van der Waals surface area contributed by atoms with Crippen molar-refractivity contribution in [2.45, 2.75) is 27.2 Å². The highest BCUT2D eigenvalue weighted by molar-refractivity contribution is 5.58. The molecule has 1 aliphatic rings. The van der Waals surface area contributed by atoms with Crippen LogP contribution in [0.5, 0.6) is 0 Å². The number of likely N-dealkylation sites (N-methyl/N-ethyl adjacent to an activating group) is 1. The second-order valence-electron chi connectivity index (χ2n) is 5.90. The van der Waals surface area contributed by atoms with E-state index in [1.165, 1.54) is 24.3 Å². The summed E-state index contributed by atoms with van der Waals surface area (Å²) in [6.07, 6.45) is 1.06. The van der Waals surface area contributed by atoms with Crippen molar-refractivity contribution in [1.29, 1.82) is 0 Å². The molecule has 3 nitrogen and oxygen atoms in total. The molecule has 1 fully saturated rings. The molecule has 2 rings (SSSR count). The summed E-state index contributed by atoms with van der Waals surface area (Å²) in [4.78, 5) is 4.98. The van der Waals surface area contributed by atoms with Crippen LogP contribution in [0.3, 0.4) is 0 Å². The molecule has 0 unspecified atom stereocenters. The smallest absolute Gasteiger partial charge is 0.0371 e. The SMILES string of the molecule is CCN1CCN(c2ccc(N)c(CC(C)C)c2)CC1. The summed E-state index contributed by atoms with van der Waals surface area (Å²) in [5.74, 6) is 0.648. The van der Waals surface area contributed by atoms with Gasteiger partial charge in [-0.1, -0.05) is 20.8 Å². The molecular weight excluding hydrogens is 234 g/mol. The van der Waals surface area contributed by atoms with Crippen LogP contribution < -0.4 is 10.6 Å². The van der Waals surface area contributed by atoms with Crippen LogP contribution in [-0.2, 0) is 6.42 Å². The predicted molar refractivity (Wildman–Crippen MR) is 83.7 cm³/mol. The Labute approximate surface area is 117 Å². The Morgan fingerprint density at radius 2 is 1.84 bits per heavy atom. The van der Waals surface area contributed by atoms with E-state index in [1.54, 1.807) is 0 Å². The number of nitrogen functional groups attached to an aromatic ring is 1. The van der Waals surface area contributed by atoms with E-state index in [-0.39, 0.29) is 0 Å². The summed E-state index contributed by atoms with van der Waals surface area (Å²) in [5.41, 5.74) is 9.65. The summed E-state index contributed by atoms with van der Waals surface area (Å²) >= 11 is 0. The Hall–Kier alpha value is -1.22. The molecule has 0 spiro atoms. The van der Waals surface area contributed by atoms with Crippen molar-refractivity contribution in [3.63, 3.8) is 0 Å². The van der Waals surface area contributed by atoms with Crippen LogP contribution in [0.25, 0.3) is 0 Å². The Balaban J connectivity index is 2.08. The van der Waals surface area contributed by atoms with Crippen LogP contribution in [-0.4, -0.2) is 37.6 Å². The maximum atomic E-state index is 6.08. The number of hydrogen-bond donors (Lipinski definition) is 1. The zero-order valence-electron chi connectivity index (χ0n) is 12.5. The van der Waals surface area contributed by atoms with Crippen LogP contribution in [0.2, 0.25) is 0 Å². The number of hydrogen-bond acceptors (Lipinski definition) is 3. The van der Waals surface area contributed by atoms with Crippen LogP contribution in [0.1, 0.15) is 26.3 Å². The van der Waals surface area contributed by atoms with E-state index in [0.717, 1.165) is 31.7 Å². The number of benzene rings is 1. The summed E-state index contributed by atoms with van der Waals surface area (Å²) in [7, 11) is 0. The molecule has 0 bridgehead atoms. The normalized spacial score (nSPS) is 17.2. The molecule has 0 saturated carbocycles. The van der Waals surface area contributed by atoms with Crippen molar-refractivity contribution in [3.05, 3.63) is 23.8 Å². The van der Waals surface area contributed by atoms with Crippen molar-refractivity contribution in [2.24, 2.45) is 5.92 Å². The molecule has 0 aromatic heterocycles. The van der Waals surface area contributed by atoms with E-state index in [4.69, 9.17) is 5.73 Å². The van der Waals surface area contributed by atoms with Crippen LogP contribution in [0, 0.1) is 5.92 Å². The average molecular weight is 261 g/mol. The van der Waals surface area contributed by atoms with Crippen LogP contribution in [0.15, 0.2) is 18.2 Å². The molecule has 0 aliphatic carbocycles. The van der Waals surface area contributed by atoms with E-state index in [2.05, 4.69) is 48.8 Å². The molecule has 106 valence electrons. The molecule has 0 atom stereocenters. The lowest BCUT2D eigenvalue weighted by Crippen LogP contribution is -2.46. The molecule has 1 heterocycles. The van der Waals surface area contributed by atoms with Gasteiger partial charge in [-0.05, 0) is 42.6 Å². The lowest BCUT2D eigenvalue weighted by molar-refractivity contribution is 0.271. The van der Waals surface area contributed by atoms with Gasteiger partial charge in [-0.3, -0.25) is 0 Å². The summed E-state index contributed by atoms with van der Waals surface area (Å²) in [6, 6.07) is 6.52. The molecule has 1 saturated heterocycles. The minimum Gasteiger partial charge on any atom is -0.399 e. The third kappa shape index (κ3) is 3.63. The first kappa shape index (κ1) is 14.2. The van der Waals surface area contributed by atoms with Gasteiger partial charge < -0.3 is 15.5 Å². The number of nitrogens with two attached hydrogens (primary N) is 1. The molecule has 19 heavy (non-hydrogen) atoms. The van der Waals surface area contributed by atoms with Gasteiger partial charge in [0.15, 0.2) is 0 Å². The predicted octanol–water partition coefficient (Wildman–Crippen LogP) is 2.61. The molecular formula is C16H27N3. The first-order valence-electron chi connectivity index (χ1n) is 7.46. The van der Waals surface area contributed by atoms with Gasteiger partial charge in [0, 0.05) is 37.6 Å². The molecule has 1 aromatic carbocycles. The van der Waals surface area contributed by atoms with Gasteiger partial charge in [-0.25, -0.2) is 0 Å². The van der Waals surface area contributed by atoms with Gasteiger partial charge in [-0.15, -0.1) is 0 Å². The number of nitrogens with zero attached hydrogens (tertiary/aromatic N) is 2. The highest BCUT2D eigenvalue weighted by Gasteiger charge is 2.16.